The van der Waals surface area contributed by atoms with E-state index in [0.717, 1.165) is 0 Å². The molecule has 1 nitrogen and oxygen atoms in total. The van der Waals surface area contributed by atoms with Gasteiger partial charge in [0.15, 0.2) is 0 Å². The van der Waals surface area contributed by atoms with Crippen LogP contribution in [-0.4, -0.2) is 10.9 Å². The standard InChI is InChI=1S/C6H10OS4/c8-3-1-5(10)7-6(11)2-4-9/h1-6,8-11H. The average molecular weight is 226 g/mol. The summed E-state index contributed by atoms with van der Waals surface area (Å²) in [5.74, 6) is 0. The van der Waals surface area contributed by atoms with Crippen LogP contribution in [0.25, 0.3) is 0 Å². The van der Waals surface area contributed by atoms with Crippen molar-refractivity contribution in [2.24, 2.45) is 0 Å². The lowest BCUT2D eigenvalue weighted by atomic mass is 10.6. The van der Waals surface area contributed by atoms with Gasteiger partial charge in [0, 0.05) is 0 Å². The minimum Gasteiger partial charge on any atom is -0.346 e. The predicted molar refractivity (Wildman–Crippen MR) is 62.9 cm³/mol. The second-order valence-corrected chi connectivity index (χ2v) is 3.21. The number of thiol groups is 4. The van der Waals surface area contributed by atoms with Crippen molar-refractivity contribution >= 4 is 50.5 Å². The van der Waals surface area contributed by atoms with Gasteiger partial charge in [-0.3, -0.25) is 0 Å². The summed E-state index contributed by atoms with van der Waals surface area (Å²) < 4.78 is 5.19. The van der Waals surface area contributed by atoms with E-state index in [1.165, 1.54) is 0 Å². The molecule has 5 heteroatoms. The molecule has 0 aromatic rings. The van der Waals surface area contributed by atoms with E-state index in [4.69, 9.17) is 4.74 Å². The number of ether oxygens (including phenoxy) is 1. The average Bonchev–Trinajstić information content (AvgIpc) is 1.87. The highest BCUT2D eigenvalue weighted by Crippen LogP contribution is 2.09. The highest BCUT2D eigenvalue weighted by molar-refractivity contribution is 7.84. The van der Waals surface area contributed by atoms with Crippen molar-refractivity contribution in [1.29, 1.82) is 0 Å². The first-order valence-corrected chi connectivity index (χ1v) is 4.90. The van der Waals surface area contributed by atoms with E-state index in [-0.39, 0.29) is 10.9 Å². The van der Waals surface area contributed by atoms with Crippen molar-refractivity contribution in [1.82, 2.24) is 0 Å². The van der Waals surface area contributed by atoms with Gasteiger partial charge in [-0.2, -0.15) is 25.3 Å². The summed E-state index contributed by atoms with van der Waals surface area (Å²) >= 11 is 15.9. The molecule has 0 saturated carbocycles. The van der Waals surface area contributed by atoms with Crippen LogP contribution in [-0.2, 0) is 4.74 Å². The molecule has 64 valence electrons. The first-order valence-electron chi connectivity index (χ1n) is 2.84. The predicted octanol–water partition coefficient (Wildman–Crippen LogP) is 2.40. The van der Waals surface area contributed by atoms with Crippen molar-refractivity contribution < 1.29 is 4.74 Å². The minimum absolute atomic E-state index is 0.278. The first-order chi connectivity index (χ1) is 5.20. The SMILES string of the molecule is SC=CC(S)OC(S)C=CS. The molecule has 0 rings (SSSR count). The fourth-order valence-electron chi connectivity index (χ4n) is 0.381. The molecule has 0 fully saturated rings. The van der Waals surface area contributed by atoms with E-state index >= 15 is 0 Å². The maximum atomic E-state index is 5.19. The maximum Gasteiger partial charge on any atom is 0.121 e. The third-order valence-electron chi connectivity index (χ3n) is 0.780. The van der Waals surface area contributed by atoms with Crippen molar-refractivity contribution in [2.45, 2.75) is 10.9 Å². The zero-order valence-corrected chi connectivity index (χ0v) is 9.24. The molecule has 0 amide bonds. The normalized spacial score (nSPS) is 17.8. The van der Waals surface area contributed by atoms with Gasteiger partial charge in [-0.15, -0.1) is 25.3 Å². The zero-order chi connectivity index (χ0) is 8.69. The Hall–Kier alpha value is 0.840. The molecule has 0 N–H and O–H groups in total. The second-order valence-electron chi connectivity index (χ2n) is 1.60. The molecule has 0 aliphatic carbocycles. The Labute approximate surface area is 88.9 Å². The van der Waals surface area contributed by atoms with Crippen LogP contribution in [0.4, 0.5) is 0 Å². The number of hydrogen-bond acceptors (Lipinski definition) is 5. The lowest BCUT2D eigenvalue weighted by Gasteiger charge is -2.10. The van der Waals surface area contributed by atoms with Gasteiger partial charge in [-0.05, 0) is 23.0 Å². The molecule has 0 bridgehead atoms. The molecular weight excluding hydrogens is 216 g/mol. The van der Waals surface area contributed by atoms with Gasteiger partial charge in [-0.25, -0.2) is 0 Å². The highest BCUT2D eigenvalue weighted by Gasteiger charge is 2.02. The van der Waals surface area contributed by atoms with E-state index < -0.39 is 0 Å². The molecule has 0 aromatic carbocycles. The Morgan fingerprint density at radius 2 is 1.27 bits per heavy atom. The van der Waals surface area contributed by atoms with Gasteiger partial charge < -0.3 is 4.74 Å². The fraction of sp³-hybridized carbons (Fsp3) is 0.333. The molecule has 0 heterocycles. The van der Waals surface area contributed by atoms with Crippen molar-refractivity contribution in [3.8, 4) is 0 Å². The Bertz CT molecular complexity index is 130. The lowest BCUT2D eigenvalue weighted by Crippen LogP contribution is -2.08. The van der Waals surface area contributed by atoms with Gasteiger partial charge in [0.05, 0.1) is 0 Å². The van der Waals surface area contributed by atoms with Crippen LogP contribution in [0.15, 0.2) is 23.0 Å². The van der Waals surface area contributed by atoms with Crippen LogP contribution >= 0.6 is 50.5 Å². The van der Waals surface area contributed by atoms with Crippen LogP contribution in [0.1, 0.15) is 0 Å². The molecule has 0 aliphatic heterocycles. The minimum atomic E-state index is -0.278. The van der Waals surface area contributed by atoms with Crippen LogP contribution in [0.2, 0.25) is 0 Å². The van der Waals surface area contributed by atoms with Crippen LogP contribution in [0.3, 0.4) is 0 Å². The third kappa shape index (κ3) is 7.21. The number of hydrogen-bond donors (Lipinski definition) is 4. The molecular formula is C6H10OS4. The Morgan fingerprint density at radius 1 is 0.909 bits per heavy atom. The van der Waals surface area contributed by atoms with Crippen molar-refractivity contribution in [3.63, 3.8) is 0 Å². The maximum absolute atomic E-state index is 5.19. The monoisotopic (exact) mass is 226 g/mol. The zero-order valence-electron chi connectivity index (χ0n) is 5.66. The molecule has 0 aliphatic rings. The van der Waals surface area contributed by atoms with Crippen molar-refractivity contribution in [2.75, 3.05) is 0 Å². The summed E-state index contributed by atoms with van der Waals surface area (Å²) in [4.78, 5) is 0. The van der Waals surface area contributed by atoms with Crippen LogP contribution in [0.5, 0.6) is 0 Å². The molecule has 0 aromatic heterocycles. The molecule has 11 heavy (non-hydrogen) atoms. The van der Waals surface area contributed by atoms with Gasteiger partial charge >= 0.3 is 0 Å². The Balaban J connectivity index is 3.65. The molecule has 2 atom stereocenters. The molecule has 0 saturated heterocycles. The quantitative estimate of drug-likeness (QED) is 0.425. The first kappa shape index (κ1) is 11.8. The fourth-order valence-corrected chi connectivity index (χ4v) is 1.50. The summed E-state index contributed by atoms with van der Waals surface area (Å²) in [6.07, 6.45) is 3.39. The summed E-state index contributed by atoms with van der Waals surface area (Å²) in [5.41, 5.74) is -0.556. The van der Waals surface area contributed by atoms with Gasteiger partial charge in [0.2, 0.25) is 0 Å². The van der Waals surface area contributed by atoms with Gasteiger partial charge in [0.25, 0.3) is 0 Å². The topological polar surface area (TPSA) is 9.23 Å². The third-order valence-corrected chi connectivity index (χ3v) is 1.71. The van der Waals surface area contributed by atoms with E-state index in [1.807, 2.05) is 0 Å². The Morgan fingerprint density at radius 3 is 1.55 bits per heavy atom. The molecule has 0 radical (unpaired) electrons. The summed E-state index contributed by atoms with van der Waals surface area (Å²) in [6.45, 7) is 0. The highest BCUT2D eigenvalue weighted by atomic mass is 32.1. The van der Waals surface area contributed by atoms with Crippen molar-refractivity contribution in [3.05, 3.63) is 23.0 Å². The van der Waals surface area contributed by atoms with E-state index in [9.17, 15) is 0 Å². The Kier molecular flexibility index (Phi) is 8.06. The number of rotatable bonds is 4. The van der Waals surface area contributed by atoms with E-state index in [2.05, 4.69) is 50.5 Å². The van der Waals surface area contributed by atoms with Gasteiger partial charge in [-0.1, -0.05) is 0 Å². The van der Waals surface area contributed by atoms with E-state index in [0.29, 0.717) is 0 Å². The molecule has 2 unspecified atom stereocenters. The largest absolute Gasteiger partial charge is 0.346 e. The summed E-state index contributed by atoms with van der Waals surface area (Å²) in [5, 5.41) is 3.14. The van der Waals surface area contributed by atoms with E-state index in [1.54, 1.807) is 23.0 Å². The summed E-state index contributed by atoms with van der Waals surface area (Å²) in [7, 11) is 0. The lowest BCUT2D eigenvalue weighted by molar-refractivity contribution is 0.149. The summed E-state index contributed by atoms with van der Waals surface area (Å²) in [6, 6.07) is 0. The second kappa shape index (κ2) is 7.49. The smallest absolute Gasteiger partial charge is 0.121 e. The van der Waals surface area contributed by atoms with Crippen LogP contribution in [0, 0.1) is 0 Å². The molecule has 0 spiro atoms. The van der Waals surface area contributed by atoms with Gasteiger partial charge in [0.1, 0.15) is 10.9 Å². The van der Waals surface area contributed by atoms with Crippen LogP contribution < -0.4 is 0 Å².